The molecule has 0 saturated carbocycles. The molecule has 14 nitrogen and oxygen atoms in total. The zero-order valence-electron chi connectivity index (χ0n) is 27.9. The molecule has 14 heteroatoms. The molecule has 2 aliphatic heterocycles. The standard InChI is InChI=1S/C31H53N5O9/c1-9-17(3)24-30(43)35(8)26(18(4)10-2)31(44)34(7)20(6)27(40)32-13-11-23(39)45-22(15-21(38)16-37)29(42)36-14-12-19(5)25(36)28(41)33-24/h17-22,24-26,37-38H,9-16H2,1-8H3,(H,32,40)(H,33,41)/t17-,18-,19-,20-,21-,22+,24-,25-,26-/m0/s1. The summed E-state index contributed by atoms with van der Waals surface area (Å²) in [5.74, 6) is -4.45. The van der Waals surface area contributed by atoms with Crippen LogP contribution >= 0.6 is 0 Å². The van der Waals surface area contributed by atoms with Crippen LogP contribution in [0.3, 0.4) is 0 Å². The molecule has 0 aromatic heterocycles. The average Bonchev–Trinajstić information content (AvgIpc) is 3.41. The van der Waals surface area contributed by atoms with E-state index in [1.165, 1.54) is 35.7 Å². The first-order valence-electron chi connectivity index (χ1n) is 16.0. The minimum Gasteiger partial charge on any atom is -0.452 e. The molecular weight excluding hydrogens is 586 g/mol. The van der Waals surface area contributed by atoms with Crippen molar-refractivity contribution in [1.29, 1.82) is 0 Å². The van der Waals surface area contributed by atoms with Crippen molar-refractivity contribution in [3.63, 3.8) is 0 Å². The van der Waals surface area contributed by atoms with Gasteiger partial charge in [0.15, 0.2) is 6.10 Å². The van der Waals surface area contributed by atoms with Gasteiger partial charge in [-0.3, -0.25) is 28.8 Å². The number of aliphatic hydroxyl groups excluding tert-OH is 2. The van der Waals surface area contributed by atoms with Crippen LogP contribution in [0.5, 0.6) is 0 Å². The minimum atomic E-state index is -1.49. The van der Waals surface area contributed by atoms with Gasteiger partial charge in [0.2, 0.25) is 23.6 Å². The molecule has 5 amide bonds. The molecule has 4 N–H and O–H groups in total. The Labute approximate surface area is 266 Å². The Hall–Kier alpha value is -3.26. The highest BCUT2D eigenvalue weighted by Gasteiger charge is 2.45. The third-order valence-electron chi connectivity index (χ3n) is 9.41. The fourth-order valence-corrected chi connectivity index (χ4v) is 5.82. The summed E-state index contributed by atoms with van der Waals surface area (Å²) in [5.41, 5.74) is 0. The summed E-state index contributed by atoms with van der Waals surface area (Å²) in [4.78, 5) is 85.3. The van der Waals surface area contributed by atoms with Crippen molar-refractivity contribution < 1.29 is 43.7 Å². The number of cyclic esters (lactones) is 1. The van der Waals surface area contributed by atoms with Gasteiger partial charge in [0.05, 0.1) is 19.1 Å². The molecule has 2 heterocycles. The van der Waals surface area contributed by atoms with Crippen molar-refractivity contribution in [2.24, 2.45) is 17.8 Å². The predicted molar refractivity (Wildman–Crippen MR) is 164 cm³/mol. The van der Waals surface area contributed by atoms with Crippen molar-refractivity contribution in [1.82, 2.24) is 25.3 Å². The summed E-state index contributed by atoms with van der Waals surface area (Å²) in [5, 5.41) is 25.0. The van der Waals surface area contributed by atoms with Crippen LogP contribution < -0.4 is 10.6 Å². The summed E-state index contributed by atoms with van der Waals surface area (Å²) in [7, 11) is 3.00. The fraction of sp³-hybridized carbons (Fsp3) is 0.806. The van der Waals surface area contributed by atoms with E-state index in [1.807, 2.05) is 27.7 Å². The third kappa shape index (κ3) is 9.15. The molecule has 0 aromatic rings. The van der Waals surface area contributed by atoms with Crippen LogP contribution in [-0.4, -0.2) is 131 Å². The molecule has 2 rings (SSSR count). The van der Waals surface area contributed by atoms with E-state index in [1.54, 1.807) is 6.92 Å². The number of aliphatic hydroxyl groups is 2. The molecule has 0 aliphatic carbocycles. The number of esters is 1. The molecule has 2 aliphatic rings. The first kappa shape index (κ1) is 37.9. The van der Waals surface area contributed by atoms with E-state index in [-0.39, 0.29) is 37.3 Å². The molecule has 45 heavy (non-hydrogen) atoms. The second kappa shape index (κ2) is 16.9. The first-order chi connectivity index (χ1) is 21.1. The largest absolute Gasteiger partial charge is 0.452 e. The normalized spacial score (nSPS) is 30.4. The molecule has 0 spiro atoms. The van der Waals surface area contributed by atoms with Gasteiger partial charge in [-0.15, -0.1) is 0 Å². The maximum absolute atomic E-state index is 14.1. The Kier molecular flexibility index (Phi) is 14.2. The number of hydrogen-bond acceptors (Lipinski definition) is 9. The van der Waals surface area contributed by atoms with Crippen LogP contribution in [0.4, 0.5) is 0 Å². The third-order valence-corrected chi connectivity index (χ3v) is 9.41. The lowest BCUT2D eigenvalue weighted by Crippen LogP contribution is -2.61. The van der Waals surface area contributed by atoms with E-state index < -0.39 is 84.9 Å². The van der Waals surface area contributed by atoms with Gasteiger partial charge >= 0.3 is 5.97 Å². The summed E-state index contributed by atoms with van der Waals surface area (Å²) in [6, 6.07) is -3.88. The Balaban J connectivity index is 2.61. The van der Waals surface area contributed by atoms with Gasteiger partial charge in [0.1, 0.15) is 24.2 Å². The molecule has 9 atom stereocenters. The smallest absolute Gasteiger partial charge is 0.308 e. The van der Waals surface area contributed by atoms with Crippen molar-refractivity contribution in [3.8, 4) is 0 Å². The zero-order valence-corrected chi connectivity index (χ0v) is 27.9. The predicted octanol–water partition coefficient (Wildman–Crippen LogP) is -0.351. The Bertz CT molecular complexity index is 1090. The highest BCUT2D eigenvalue weighted by molar-refractivity contribution is 5.96. The van der Waals surface area contributed by atoms with Crippen LogP contribution in [0.25, 0.3) is 0 Å². The summed E-state index contributed by atoms with van der Waals surface area (Å²) >= 11 is 0. The van der Waals surface area contributed by atoms with Crippen molar-refractivity contribution >= 4 is 35.5 Å². The molecule has 2 fully saturated rings. The van der Waals surface area contributed by atoms with E-state index in [4.69, 9.17) is 4.74 Å². The van der Waals surface area contributed by atoms with Gasteiger partial charge in [-0.1, -0.05) is 47.5 Å². The number of fused-ring (bicyclic) bond motifs is 1. The highest BCUT2D eigenvalue weighted by Crippen LogP contribution is 2.28. The van der Waals surface area contributed by atoms with E-state index in [0.29, 0.717) is 19.3 Å². The molecular formula is C31H53N5O9. The molecule has 256 valence electrons. The average molecular weight is 640 g/mol. The summed E-state index contributed by atoms with van der Waals surface area (Å²) < 4.78 is 5.43. The van der Waals surface area contributed by atoms with Crippen LogP contribution in [-0.2, 0) is 33.5 Å². The quantitative estimate of drug-likeness (QED) is 0.270. The highest BCUT2D eigenvalue weighted by atomic mass is 16.5. The Morgan fingerprint density at radius 2 is 1.53 bits per heavy atom. The lowest BCUT2D eigenvalue weighted by atomic mass is 9.92. The number of carbonyl (C=O) groups excluding carboxylic acids is 6. The van der Waals surface area contributed by atoms with E-state index >= 15 is 0 Å². The van der Waals surface area contributed by atoms with Crippen molar-refractivity contribution in [2.75, 3.05) is 33.8 Å². The first-order valence-corrected chi connectivity index (χ1v) is 16.0. The molecule has 0 radical (unpaired) electrons. The number of hydrogen-bond donors (Lipinski definition) is 4. The van der Waals surface area contributed by atoms with Crippen LogP contribution in [0.15, 0.2) is 0 Å². The van der Waals surface area contributed by atoms with Crippen molar-refractivity contribution in [2.45, 2.75) is 110 Å². The number of amides is 5. The monoisotopic (exact) mass is 639 g/mol. The maximum Gasteiger partial charge on any atom is 0.308 e. The van der Waals surface area contributed by atoms with Gasteiger partial charge in [0.25, 0.3) is 5.91 Å². The number of nitrogens with one attached hydrogen (secondary N) is 2. The van der Waals surface area contributed by atoms with E-state index in [0.717, 1.165) is 0 Å². The van der Waals surface area contributed by atoms with Crippen LogP contribution in [0.1, 0.15) is 73.6 Å². The fourth-order valence-electron chi connectivity index (χ4n) is 5.82. The molecule has 0 aromatic carbocycles. The maximum atomic E-state index is 14.1. The van der Waals surface area contributed by atoms with E-state index in [2.05, 4.69) is 10.6 Å². The molecule has 2 saturated heterocycles. The molecule has 0 bridgehead atoms. The summed E-state index contributed by atoms with van der Waals surface area (Å²) in [6.07, 6.45) is -2.00. The Morgan fingerprint density at radius 3 is 2.11 bits per heavy atom. The van der Waals surface area contributed by atoms with Gasteiger partial charge in [0, 0.05) is 33.6 Å². The number of nitrogens with zero attached hydrogens (tertiary/aromatic N) is 3. The van der Waals surface area contributed by atoms with Crippen molar-refractivity contribution in [3.05, 3.63) is 0 Å². The minimum absolute atomic E-state index is 0.150. The second-order valence-corrected chi connectivity index (χ2v) is 12.6. The SMILES string of the molecule is CC[C@H](C)[C@@H]1NC(=O)[C@@H]2[C@@H](C)CCN2C(=O)[C@@H](C[C@H](O)CO)OC(=O)CCNC(=O)[C@H](C)N(C)C(=O)[C@H]([C@@H](C)CC)N(C)C1=O. The number of rotatable bonds is 7. The Morgan fingerprint density at radius 1 is 0.911 bits per heavy atom. The topological polar surface area (TPSA) is 186 Å². The number of carbonyl (C=O) groups is 6. The van der Waals surface area contributed by atoms with E-state index in [9.17, 15) is 39.0 Å². The van der Waals surface area contributed by atoms with Crippen LogP contribution in [0.2, 0.25) is 0 Å². The van der Waals surface area contributed by atoms with Gasteiger partial charge in [-0.2, -0.15) is 0 Å². The van der Waals surface area contributed by atoms with Gasteiger partial charge in [-0.25, -0.2) is 0 Å². The van der Waals surface area contributed by atoms with Crippen LogP contribution in [0, 0.1) is 17.8 Å². The second-order valence-electron chi connectivity index (χ2n) is 12.6. The number of likely N-dealkylation sites (N-methyl/N-ethyl adjacent to an activating group) is 2. The lowest BCUT2D eigenvalue weighted by Gasteiger charge is -2.39. The summed E-state index contributed by atoms with van der Waals surface area (Å²) in [6.45, 7) is 10.1. The zero-order chi connectivity index (χ0) is 34.2. The molecule has 0 unspecified atom stereocenters. The van der Waals surface area contributed by atoms with Gasteiger partial charge in [-0.05, 0) is 31.1 Å². The number of ether oxygens (including phenoxy) is 1. The van der Waals surface area contributed by atoms with Gasteiger partial charge < -0.3 is 40.3 Å². The lowest BCUT2D eigenvalue weighted by molar-refractivity contribution is -0.164.